The van der Waals surface area contributed by atoms with Gasteiger partial charge in [-0.3, -0.25) is 5.43 Å². The van der Waals surface area contributed by atoms with E-state index in [4.69, 9.17) is 17.5 Å². The molecule has 0 rings (SSSR count). The van der Waals surface area contributed by atoms with Gasteiger partial charge in [-0.25, -0.2) is 0 Å². The molecule has 0 aromatic carbocycles. The van der Waals surface area contributed by atoms with Crippen molar-refractivity contribution in [2.75, 3.05) is 0 Å². The van der Waals surface area contributed by atoms with Crippen molar-refractivity contribution in [2.24, 2.45) is 5.73 Å². The lowest BCUT2D eigenvalue weighted by Crippen LogP contribution is -2.35. The molecule has 6 heavy (non-hydrogen) atoms. The summed E-state index contributed by atoms with van der Waals surface area (Å²) in [5.41, 5.74) is 7.11. The molecule has 0 saturated carbocycles. The minimum absolute atomic E-state index is 0.130. The second-order valence-corrected chi connectivity index (χ2v) is 1.21. The van der Waals surface area contributed by atoms with Crippen LogP contribution in [0.15, 0.2) is 0 Å². The third-order valence-corrected chi connectivity index (χ3v) is 0.367. The molecular formula is CH4ClN3S. The fraction of sp³-hybridized carbons (Fsp3) is 0. The van der Waals surface area contributed by atoms with Crippen molar-refractivity contribution < 1.29 is 0 Å². The highest BCUT2D eigenvalue weighted by atomic mass is 35.5. The third kappa shape index (κ3) is 3.94. The zero-order chi connectivity index (χ0) is 4.99. The number of halogens is 1. The van der Waals surface area contributed by atoms with Crippen LogP contribution in [-0.2, 0) is 0 Å². The Morgan fingerprint density at radius 3 is 2.33 bits per heavy atom. The fourth-order valence-electron chi connectivity index (χ4n) is 0.0466. The molecule has 0 amide bonds. The van der Waals surface area contributed by atoms with Gasteiger partial charge in [-0.1, -0.05) is 0 Å². The number of nitrogens with one attached hydrogen (secondary N) is 2. The first-order valence-corrected chi connectivity index (χ1v) is 1.97. The van der Waals surface area contributed by atoms with Crippen LogP contribution in [0.25, 0.3) is 0 Å². The van der Waals surface area contributed by atoms with Crippen LogP contribution in [0.4, 0.5) is 0 Å². The summed E-state index contributed by atoms with van der Waals surface area (Å²) < 4.78 is 0. The number of nitrogens with two attached hydrogens (primary N) is 1. The van der Waals surface area contributed by atoms with Crippen molar-refractivity contribution in [1.29, 1.82) is 0 Å². The van der Waals surface area contributed by atoms with E-state index in [1.165, 1.54) is 0 Å². The third-order valence-electron chi connectivity index (χ3n) is 0.170. The second-order valence-electron chi connectivity index (χ2n) is 0.584. The molecule has 0 spiro atoms. The van der Waals surface area contributed by atoms with E-state index >= 15 is 0 Å². The van der Waals surface area contributed by atoms with Gasteiger partial charge in [-0.05, 0) is 24.0 Å². The Hall–Kier alpha value is -0.0600. The van der Waals surface area contributed by atoms with Crippen LogP contribution in [0.2, 0.25) is 0 Å². The molecule has 5 heteroatoms. The molecule has 0 bridgehead atoms. The summed E-state index contributed by atoms with van der Waals surface area (Å²) in [4.78, 5) is 2.02. The summed E-state index contributed by atoms with van der Waals surface area (Å²) >= 11 is 9.18. The molecule has 0 aliphatic carbocycles. The lowest BCUT2D eigenvalue weighted by molar-refractivity contribution is 0.918. The molecule has 0 radical (unpaired) electrons. The topological polar surface area (TPSA) is 50.1 Å². The highest BCUT2D eigenvalue weighted by Crippen LogP contribution is 1.51. The van der Waals surface area contributed by atoms with Crippen LogP contribution in [0, 0.1) is 0 Å². The Balaban J connectivity index is 2.83. The quantitative estimate of drug-likeness (QED) is 0.251. The Kier molecular flexibility index (Phi) is 3.11. The lowest BCUT2D eigenvalue weighted by Gasteiger charge is -1.92. The molecule has 3 nitrogen and oxygen atoms in total. The van der Waals surface area contributed by atoms with Gasteiger partial charge in [0.15, 0.2) is 5.11 Å². The molecule has 0 aromatic heterocycles. The molecule has 0 fully saturated rings. The summed E-state index contributed by atoms with van der Waals surface area (Å²) in [6.07, 6.45) is 0. The van der Waals surface area contributed by atoms with E-state index in [2.05, 4.69) is 17.6 Å². The predicted octanol–water partition coefficient (Wildman–Crippen LogP) is -0.522. The number of hydrazine groups is 1. The minimum Gasteiger partial charge on any atom is -0.375 e. The highest BCUT2D eigenvalue weighted by Gasteiger charge is 1.74. The first-order valence-electron chi connectivity index (χ1n) is 1.18. The van der Waals surface area contributed by atoms with Gasteiger partial charge in [0.05, 0.1) is 0 Å². The largest absolute Gasteiger partial charge is 0.375 e. The summed E-state index contributed by atoms with van der Waals surface area (Å²) in [7, 11) is 0. The van der Waals surface area contributed by atoms with Gasteiger partial charge in [0.25, 0.3) is 0 Å². The maximum Gasteiger partial charge on any atom is 0.179 e. The van der Waals surface area contributed by atoms with E-state index in [9.17, 15) is 0 Å². The monoisotopic (exact) mass is 125 g/mol. The van der Waals surface area contributed by atoms with Gasteiger partial charge in [0.1, 0.15) is 0 Å². The zero-order valence-electron chi connectivity index (χ0n) is 2.86. The zero-order valence-corrected chi connectivity index (χ0v) is 4.44. The Morgan fingerprint density at radius 1 is 1.83 bits per heavy atom. The number of hydrogen-bond acceptors (Lipinski definition) is 2. The number of thiocarbonyl (C=S) groups is 1. The smallest absolute Gasteiger partial charge is 0.179 e. The lowest BCUT2D eigenvalue weighted by atomic mass is 11.2. The standard InChI is InChI=1S/CH4ClN3S/c2-5-4-1(3)6/h5H,(H3,3,4,6). The SMILES string of the molecule is NC(=S)NNCl. The van der Waals surface area contributed by atoms with Gasteiger partial charge in [-0.2, -0.15) is 0 Å². The van der Waals surface area contributed by atoms with E-state index in [-0.39, 0.29) is 5.11 Å². The summed E-state index contributed by atoms with van der Waals surface area (Å²) in [6.45, 7) is 0. The molecule has 0 atom stereocenters. The molecule has 0 aliphatic rings. The maximum atomic E-state index is 4.88. The van der Waals surface area contributed by atoms with E-state index < -0.39 is 0 Å². The van der Waals surface area contributed by atoms with E-state index in [1.54, 1.807) is 0 Å². The van der Waals surface area contributed by atoms with E-state index in [1.807, 2.05) is 4.94 Å². The van der Waals surface area contributed by atoms with Crippen LogP contribution in [0.3, 0.4) is 0 Å². The number of rotatable bonds is 1. The Bertz CT molecular complexity index is 54.8. The molecular weight excluding hydrogens is 122 g/mol. The molecule has 36 valence electrons. The second kappa shape index (κ2) is 3.14. The van der Waals surface area contributed by atoms with Gasteiger partial charge in [-0.15, -0.1) is 4.94 Å². The summed E-state index contributed by atoms with van der Waals surface area (Å²) in [5.74, 6) is 0. The molecule has 0 aromatic rings. The van der Waals surface area contributed by atoms with Crippen LogP contribution in [0.5, 0.6) is 0 Å². The molecule has 0 saturated heterocycles. The van der Waals surface area contributed by atoms with Crippen LogP contribution in [-0.4, -0.2) is 5.11 Å². The summed E-state index contributed by atoms with van der Waals surface area (Å²) in [5, 5.41) is 0.130. The minimum atomic E-state index is 0.130. The fourth-order valence-corrected chi connectivity index (χ4v) is 0.255. The van der Waals surface area contributed by atoms with Crippen LogP contribution in [0.1, 0.15) is 0 Å². The average molecular weight is 126 g/mol. The average Bonchev–Trinajstić information content (AvgIpc) is 1.35. The first kappa shape index (κ1) is 5.94. The van der Waals surface area contributed by atoms with Gasteiger partial charge < -0.3 is 5.73 Å². The normalized spacial score (nSPS) is 7.50. The number of hydrogen-bond donors (Lipinski definition) is 3. The molecule has 0 heterocycles. The van der Waals surface area contributed by atoms with Gasteiger partial charge in [0.2, 0.25) is 0 Å². The van der Waals surface area contributed by atoms with Crippen molar-refractivity contribution in [3.05, 3.63) is 0 Å². The van der Waals surface area contributed by atoms with Crippen LogP contribution < -0.4 is 16.1 Å². The van der Waals surface area contributed by atoms with Crippen molar-refractivity contribution in [3.63, 3.8) is 0 Å². The molecule has 4 N–H and O–H groups in total. The molecule has 0 unspecified atom stereocenters. The first-order chi connectivity index (χ1) is 2.77. The van der Waals surface area contributed by atoms with E-state index in [0.717, 1.165) is 0 Å². The predicted molar refractivity (Wildman–Crippen MR) is 28.9 cm³/mol. The highest BCUT2D eigenvalue weighted by molar-refractivity contribution is 7.80. The van der Waals surface area contributed by atoms with Crippen molar-refractivity contribution in [2.45, 2.75) is 0 Å². The van der Waals surface area contributed by atoms with E-state index in [0.29, 0.717) is 0 Å². The van der Waals surface area contributed by atoms with Crippen molar-refractivity contribution >= 4 is 29.1 Å². The maximum absolute atomic E-state index is 4.88. The Labute approximate surface area is 45.9 Å². The summed E-state index contributed by atoms with van der Waals surface area (Å²) in [6, 6.07) is 0. The Morgan fingerprint density at radius 2 is 2.33 bits per heavy atom. The van der Waals surface area contributed by atoms with Crippen molar-refractivity contribution in [3.8, 4) is 0 Å². The van der Waals surface area contributed by atoms with Gasteiger partial charge in [0, 0.05) is 0 Å². The van der Waals surface area contributed by atoms with Crippen LogP contribution >= 0.6 is 24.0 Å². The molecule has 0 aliphatic heterocycles. The van der Waals surface area contributed by atoms with Gasteiger partial charge >= 0.3 is 0 Å². The van der Waals surface area contributed by atoms with Crippen molar-refractivity contribution in [1.82, 2.24) is 10.4 Å².